The molecule has 0 aromatic heterocycles. The van der Waals surface area contributed by atoms with Crippen LogP contribution in [-0.2, 0) is 11.8 Å². The molecule has 2 N–H and O–H groups in total. The summed E-state index contributed by atoms with van der Waals surface area (Å²) in [6.45, 7) is 0. The van der Waals surface area contributed by atoms with Crippen LogP contribution >= 0.6 is 16.9 Å². The molecule has 2 nitrogen and oxygen atoms in total. The average Bonchev–Trinajstić information content (AvgIpc) is 2.42. The van der Waals surface area contributed by atoms with E-state index in [1.807, 2.05) is 30.5 Å². The van der Waals surface area contributed by atoms with Crippen molar-refractivity contribution in [3.05, 3.63) is 24.3 Å². The summed E-state index contributed by atoms with van der Waals surface area (Å²) in [5, 5.41) is 6.68. The lowest BCUT2D eigenvalue weighted by Crippen LogP contribution is -1.89. The summed E-state index contributed by atoms with van der Waals surface area (Å²) in [5.74, 6) is 0. The van der Waals surface area contributed by atoms with Gasteiger partial charge in [-0.1, -0.05) is 23.5 Å². The first kappa shape index (κ1) is 8.42. The Labute approximate surface area is 81.0 Å². The maximum Gasteiger partial charge on any atom is 0.174 e. The third-order valence-electron chi connectivity index (χ3n) is 1.72. The Morgan fingerprint density at radius 2 is 1.75 bits per heavy atom. The van der Waals surface area contributed by atoms with Crippen molar-refractivity contribution >= 4 is 40.1 Å². The molecule has 0 unspecified atom stereocenters. The number of nitrogens with one attached hydrogen (secondary N) is 2. The largest absolute Gasteiger partial charge is 0.333 e. The highest BCUT2D eigenvalue weighted by Crippen LogP contribution is 2.62. The van der Waals surface area contributed by atoms with E-state index in [9.17, 15) is 0 Å². The van der Waals surface area contributed by atoms with Crippen LogP contribution in [0.5, 0.6) is 0 Å². The average molecular weight is 216 g/mol. The van der Waals surface area contributed by atoms with Gasteiger partial charge in [-0.15, -0.1) is 0 Å². The molecule has 1 heterocycles. The van der Waals surface area contributed by atoms with Crippen molar-refractivity contribution in [1.82, 2.24) is 0 Å². The molecule has 0 saturated carbocycles. The normalized spacial score (nSPS) is 17.8. The second-order valence-electron chi connectivity index (χ2n) is 2.50. The molecule has 12 heavy (non-hydrogen) atoms. The highest BCUT2D eigenvalue weighted by atomic mass is 32.9. The van der Waals surface area contributed by atoms with Gasteiger partial charge < -0.3 is 10.2 Å². The minimum absolute atomic E-state index is 1.13. The summed E-state index contributed by atoms with van der Waals surface area (Å²) in [5.41, 5.74) is 0.686. The number of hydrogen-bond donors (Lipinski definition) is 2. The zero-order valence-corrected chi connectivity index (χ0v) is 9.10. The fraction of sp³-hybridized carbons (Fsp3) is 0.143. The molecule has 64 valence electrons. The minimum Gasteiger partial charge on any atom is -0.333 e. The van der Waals surface area contributed by atoms with Gasteiger partial charge in [0, 0.05) is 0 Å². The van der Waals surface area contributed by atoms with Crippen molar-refractivity contribution in [3.8, 4) is 0 Å². The summed E-state index contributed by atoms with van der Waals surface area (Å²) in [4.78, 5) is 0. The Kier molecular flexibility index (Phi) is 2.07. The van der Waals surface area contributed by atoms with Crippen molar-refractivity contribution in [2.24, 2.45) is 0 Å². The van der Waals surface area contributed by atoms with Crippen LogP contribution in [0.25, 0.3) is 0 Å². The van der Waals surface area contributed by atoms with E-state index in [1.165, 1.54) is 0 Å². The Morgan fingerprint density at radius 3 is 2.17 bits per heavy atom. The van der Waals surface area contributed by atoms with E-state index in [0.717, 1.165) is 11.4 Å². The zero-order chi connectivity index (χ0) is 8.60. The summed E-state index contributed by atoms with van der Waals surface area (Å²) in [6, 6.07) is 8.12. The SMILES string of the molecule is CSP1(=S)Nc2ccccc2N1. The van der Waals surface area contributed by atoms with Crippen molar-refractivity contribution in [2.45, 2.75) is 0 Å². The highest BCUT2D eigenvalue weighted by molar-refractivity contribution is 8.71. The first-order valence-electron chi connectivity index (χ1n) is 3.55. The standard InChI is InChI=1S/C7H9N2PS2/c1-12-10(11)8-6-4-2-3-5-7(6)9-10/h2-5H,1H3,(H2,8,9,11). The lowest BCUT2D eigenvalue weighted by atomic mass is 10.3. The molecule has 1 aromatic carbocycles. The molecular formula is C7H9N2PS2. The van der Waals surface area contributed by atoms with Gasteiger partial charge in [0.1, 0.15) is 0 Å². The molecule has 1 aromatic rings. The lowest BCUT2D eigenvalue weighted by molar-refractivity contribution is 1.70. The number of benzene rings is 1. The topological polar surface area (TPSA) is 24.1 Å². The Morgan fingerprint density at radius 1 is 1.25 bits per heavy atom. The zero-order valence-electron chi connectivity index (χ0n) is 6.57. The van der Waals surface area contributed by atoms with Crippen molar-refractivity contribution < 1.29 is 0 Å². The second-order valence-corrected chi connectivity index (χ2v) is 9.49. The molecule has 0 aliphatic carbocycles. The fourth-order valence-electron chi connectivity index (χ4n) is 1.11. The Bertz CT molecular complexity index is 324. The maximum absolute atomic E-state index is 5.42. The van der Waals surface area contributed by atoms with Crippen LogP contribution in [0, 0.1) is 0 Å². The highest BCUT2D eigenvalue weighted by Gasteiger charge is 2.23. The number of anilines is 2. The molecule has 2 rings (SSSR count). The smallest absolute Gasteiger partial charge is 0.174 e. The maximum atomic E-state index is 5.42. The van der Waals surface area contributed by atoms with Gasteiger partial charge in [0.05, 0.1) is 11.4 Å². The van der Waals surface area contributed by atoms with Gasteiger partial charge in [0.25, 0.3) is 0 Å². The first-order chi connectivity index (χ1) is 5.73. The summed E-state index contributed by atoms with van der Waals surface area (Å²) >= 11 is 7.12. The van der Waals surface area contributed by atoms with Crippen LogP contribution in [-0.4, -0.2) is 6.26 Å². The van der Waals surface area contributed by atoms with Gasteiger partial charge >= 0.3 is 0 Å². The second kappa shape index (κ2) is 2.95. The first-order valence-corrected chi connectivity index (χ1v) is 8.18. The van der Waals surface area contributed by atoms with Gasteiger partial charge in [0.2, 0.25) is 0 Å². The van der Waals surface area contributed by atoms with Crippen LogP contribution in [0.4, 0.5) is 11.4 Å². The minimum atomic E-state index is -1.58. The van der Waals surface area contributed by atoms with Crippen LogP contribution in [0.15, 0.2) is 24.3 Å². The fourth-order valence-corrected chi connectivity index (χ4v) is 4.11. The van der Waals surface area contributed by atoms with Gasteiger partial charge in [0.15, 0.2) is 5.54 Å². The molecule has 1 aliphatic heterocycles. The van der Waals surface area contributed by atoms with E-state index in [-0.39, 0.29) is 0 Å². The predicted molar refractivity (Wildman–Crippen MR) is 61.5 cm³/mol. The molecule has 0 saturated heterocycles. The summed E-state index contributed by atoms with van der Waals surface area (Å²) < 4.78 is 0. The number of fused-ring (bicyclic) bond motifs is 1. The van der Waals surface area contributed by atoms with Crippen LogP contribution in [0.1, 0.15) is 0 Å². The van der Waals surface area contributed by atoms with Crippen molar-refractivity contribution in [2.75, 3.05) is 16.4 Å². The van der Waals surface area contributed by atoms with E-state index in [4.69, 9.17) is 11.8 Å². The molecule has 0 fully saturated rings. The van der Waals surface area contributed by atoms with Crippen LogP contribution in [0.2, 0.25) is 0 Å². The third kappa shape index (κ3) is 1.35. The number of para-hydroxylation sites is 2. The molecule has 0 atom stereocenters. The van der Waals surface area contributed by atoms with E-state index >= 15 is 0 Å². The monoisotopic (exact) mass is 216 g/mol. The van der Waals surface area contributed by atoms with Gasteiger partial charge in [-0.2, -0.15) is 0 Å². The molecule has 0 amide bonds. The third-order valence-corrected chi connectivity index (χ3v) is 7.28. The van der Waals surface area contributed by atoms with E-state index < -0.39 is 5.54 Å². The molecule has 1 aliphatic rings. The quantitative estimate of drug-likeness (QED) is 0.704. The van der Waals surface area contributed by atoms with E-state index in [0.29, 0.717) is 0 Å². The van der Waals surface area contributed by atoms with Crippen LogP contribution < -0.4 is 10.2 Å². The summed E-state index contributed by atoms with van der Waals surface area (Å²) in [7, 11) is 0. The molecule has 0 spiro atoms. The Hall–Kier alpha value is -0.180. The molecular weight excluding hydrogens is 207 g/mol. The Balaban J connectivity index is 2.39. The van der Waals surface area contributed by atoms with Gasteiger partial charge in [-0.05, 0) is 30.2 Å². The van der Waals surface area contributed by atoms with Crippen molar-refractivity contribution in [1.29, 1.82) is 0 Å². The van der Waals surface area contributed by atoms with Gasteiger partial charge in [-0.25, -0.2) is 0 Å². The molecule has 5 heteroatoms. The van der Waals surface area contributed by atoms with Crippen LogP contribution in [0.3, 0.4) is 0 Å². The summed E-state index contributed by atoms with van der Waals surface area (Å²) in [6.07, 6.45) is 2.03. The number of hydrogen-bond acceptors (Lipinski definition) is 2. The van der Waals surface area contributed by atoms with E-state index in [2.05, 4.69) is 10.2 Å². The molecule has 0 radical (unpaired) electrons. The lowest BCUT2D eigenvalue weighted by Gasteiger charge is -2.12. The number of rotatable bonds is 1. The van der Waals surface area contributed by atoms with Gasteiger partial charge in [-0.3, -0.25) is 0 Å². The predicted octanol–water partition coefficient (Wildman–Crippen LogP) is 3.11. The van der Waals surface area contributed by atoms with E-state index in [1.54, 1.807) is 11.4 Å². The molecule has 0 bridgehead atoms. The van der Waals surface area contributed by atoms with Crippen molar-refractivity contribution in [3.63, 3.8) is 0 Å².